The second kappa shape index (κ2) is 14.6. The van der Waals surface area contributed by atoms with E-state index in [0.29, 0.717) is 29.5 Å². The molecule has 1 aliphatic carbocycles. The number of rotatable bonds is 13. The molecule has 1 saturated carbocycles. The summed E-state index contributed by atoms with van der Waals surface area (Å²) in [4.78, 5) is 28.8. The molecular formula is C32H38ClN3O5S. The van der Waals surface area contributed by atoms with Gasteiger partial charge < -0.3 is 15.0 Å². The Morgan fingerprint density at radius 2 is 1.62 bits per heavy atom. The fourth-order valence-corrected chi connectivity index (χ4v) is 6.64. The second-order valence-electron chi connectivity index (χ2n) is 10.4. The van der Waals surface area contributed by atoms with Crippen molar-refractivity contribution < 1.29 is 22.7 Å². The third kappa shape index (κ3) is 8.04. The second-order valence-corrected chi connectivity index (χ2v) is 12.7. The standard InChI is InChI=1S/C32H38ClN3O5S/c1-3-41-29-17-15-28(16-18-29)36(42(39,40)30-19-13-26(33)14-20-30)23-31(37)35(22-21-25-9-5-4-6-10-25)24(2)32(38)34-27-11-7-8-12-27/h4-6,9-10,13-20,24,27H,3,7-8,11-12,21-23H2,1-2H3,(H,34,38)/t24-/m1/s1. The van der Waals surface area contributed by atoms with Crippen LogP contribution in [0.1, 0.15) is 45.1 Å². The molecule has 1 N–H and O–H groups in total. The molecule has 3 aromatic carbocycles. The molecule has 3 aromatic rings. The van der Waals surface area contributed by atoms with Gasteiger partial charge in [-0.15, -0.1) is 0 Å². The van der Waals surface area contributed by atoms with E-state index in [-0.39, 0.29) is 23.4 Å². The van der Waals surface area contributed by atoms with Crippen LogP contribution < -0.4 is 14.4 Å². The first-order valence-corrected chi connectivity index (χ1v) is 16.2. The highest BCUT2D eigenvalue weighted by atomic mass is 35.5. The Bertz CT molecular complexity index is 1430. The van der Waals surface area contributed by atoms with Gasteiger partial charge in [0.1, 0.15) is 18.3 Å². The molecule has 224 valence electrons. The van der Waals surface area contributed by atoms with Crippen LogP contribution in [0.4, 0.5) is 5.69 Å². The summed E-state index contributed by atoms with van der Waals surface area (Å²) in [5.41, 5.74) is 1.31. The van der Waals surface area contributed by atoms with E-state index in [0.717, 1.165) is 35.6 Å². The normalized spacial score (nSPS) is 14.3. The van der Waals surface area contributed by atoms with Gasteiger partial charge in [-0.3, -0.25) is 13.9 Å². The number of sulfonamides is 1. The van der Waals surface area contributed by atoms with Crippen LogP contribution in [0.15, 0.2) is 83.8 Å². The summed E-state index contributed by atoms with van der Waals surface area (Å²) in [6.07, 6.45) is 4.48. The van der Waals surface area contributed by atoms with Gasteiger partial charge in [-0.1, -0.05) is 54.8 Å². The van der Waals surface area contributed by atoms with Crippen molar-refractivity contribution >= 4 is 39.1 Å². The minimum atomic E-state index is -4.17. The molecule has 0 aromatic heterocycles. The van der Waals surface area contributed by atoms with Crippen molar-refractivity contribution in [3.8, 4) is 5.75 Å². The first-order chi connectivity index (χ1) is 20.2. The zero-order valence-electron chi connectivity index (χ0n) is 24.0. The highest BCUT2D eigenvalue weighted by molar-refractivity contribution is 7.92. The Labute approximate surface area is 253 Å². The molecule has 0 aliphatic heterocycles. The van der Waals surface area contributed by atoms with Gasteiger partial charge in [-0.05, 0) is 87.2 Å². The van der Waals surface area contributed by atoms with Gasteiger partial charge in [0.25, 0.3) is 10.0 Å². The summed E-state index contributed by atoms with van der Waals surface area (Å²) >= 11 is 6.02. The molecule has 8 nitrogen and oxygen atoms in total. The molecule has 42 heavy (non-hydrogen) atoms. The molecule has 0 radical (unpaired) electrons. The molecule has 0 unspecified atom stereocenters. The Kier molecular flexibility index (Phi) is 10.9. The smallest absolute Gasteiger partial charge is 0.264 e. The number of benzene rings is 3. The maximum atomic E-state index is 14.0. The average molecular weight is 612 g/mol. The highest BCUT2D eigenvalue weighted by Crippen LogP contribution is 2.27. The number of anilines is 1. The molecular weight excluding hydrogens is 574 g/mol. The fourth-order valence-electron chi connectivity index (χ4n) is 5.10. The lowest BCUT2D eigenvalue weighted by Gasteiger charge is -2.32. The van der Waals surface area contributed by atoms with Crippen LogP contribution in [0, 0.1) is 0 Å². The minimum Gasteiger partial charge on any atom is -0.494 e. The van der Waals surface area contributed by atoms with Crippen molar-refractivity contribution in [2.45, 2.75) is 62.9 Å². The number of hydrogen-bond donors (Lipinski definition) is 1. The van der Waals surface area contributed by atoms with Crippen LogP contribution in [0.25, 0.3) is 0 Å². The van der Waals surface area contributed by atoms with Gasteiger partial charge in [-0.25, -0.2) is 8.42 Å². The van der Waals surface area contributed by atoms with Gasteiger partial charge in [0, 0.05) is 17.6 Å². The molecule has 4 rings (SSSR count). The summed E-state index contributed by atoms with van der Waals surface area (Å²) in [6.45, 7) is 3.77. The molecule has 1 atom stereocenters. The quantitative estimate of drug-likeness (QED) is 0.277. The summed E-state index contributed by atoms with van der Waals surface area (Å²) in [5.74, 6) is -0.138. The van der Waals surface area contributed by atoms with E-state index in [9.17, 15) is 18.0 Å². The fraction of sp³-hybridized carbons (Fsp3) is 0.375. The first-order valence-electron chi connectivity index (χ1n) is 14.3. The number of amides is 2. The lowest BCUT2D eigenvalue weighted by Crippen LogP contribution is -2.53. The minimum absolute atomic E-state index is 0.00329. The predicted molar refractivity (Wildman–Crippen MR) is 165 cm³/mol. The van der Waals surface area contributed by atoms with Gasteiger partial charge in [0.2, 0.25) is 11.8 Å². The van der Waals surface area contributed by atoms with Crippen LogP contribution in [-0.2, 0) is 26.0 Å². The van der Waals surface area contributed by atoms with Gasteiger partial charge in [0.15, 0.2) is 0 Å². The van der Waals surface area contributed by atoms with E-state index in [1.807, 2.05) is 37.3 Å². The van der Waals surface area contributed by atoms with Crippen molar-refractivity contribution in [2.24, 2.45) is 0 Å². The third-order valence-corrected chi connectivity index (χ3v) is 9.51. The molecule has 2 amide bonds. The van der Waals surface area contributed by atoms with Gasteiger partial charge >= 0.3 is 0 Å². The molecule has 0 heterocycles. The van der Waals surface area contributed by atoms with Crippen molar-refractivity contribution in [2.75, 3.05) is 24.0 Å². The number of halogens is 1. The van der Waals surface area contributed by atoms with E-state index in [1.54, 1.807) is 31.2 Å². The van der Waals surface area contributed by atoms with Crippen LogP contribution in [0.5, 0.6) is 5.75 Å². The van der Waals surface area contributed by atoms with Crippen molar-refractivity contribution in [1.82, 2.24) is 10.2 Å². The molecule has 0 bridgehead atoms. The Morgan fingerprint density at radius 3 is 2.24 bits per heavy atom. The number of ether oxygens (including phenoxy) is 1. The summed E-state index contributed by atoms with van der Waals surface area (Å²) in [7, 11) is -4.17. The Hall–Kier alpha value is -3.56. The van der Waals surface area contributed by atoms with E-state index >= 15 is 0 Å². The monoisotopic (exact) mass is 611 g/mol. The van der Waals surface area contributed by atoms with Crippen LogP contribution in [0.3, 0.4) is 0 Å². The summed E-state index contributed by atoms with van der Waals surface area (Å²) in [5, 5.41) is 3.48. The van der Waals surface area contributed by atoms with E-state index in [1.165, 1.54) is 29.2 Å². The third-order valence-electron chi connectivity index (χ3n) is 7.47. The number of hydrogen-bond acceptors (Lipinski definition) is 5. The molecule has 0 spiro atoms. The Morgan fingerprint density at radius 1 is 0.976 bits per heavy atom. The topological polar surface area (TPSA) is 96.0 Å². The van der Waals surface area contributed by atoms with Crippen molar-refractivity contribution in [1.29, 1.82) is 0 Å². The van der Waals surface area contributed by atoms with E-state index in [2.05, 4.69) is 5.32 Å². The van der Waals surface area contributed by atoms with Crippen LogP contribution >= 0.6 is 11.6 Å². The lowest BCUT2D eigenvalue weighted by atomic mass is 10.1. The summed E-state index contributed by atoms with van der Waals surface area (Å²) in [6, 6.07) is 21.3. The Balaban J connectivity index is 1.64. The van der Waals surface area contributed by atoms with Crippen molar-refractivity contribution in [3.05, 3.63) is 89.4 Å². The predicted octanol–water partition coefficient (Wildman–Crippen LogP) is 5.45. The number of carbonyl (C=O) groups excluding carboxylic acids is 2. The van der Waals surface area contributed by atoms with Crippen molar-refractivity contribution in [3.63, 3.8) is 0 Å². The van der Waals surface area contributed by atoms with Gasteiger partial charge in [0.05, 0.1) is 17.2 Å². The molecule has 1 aliphatic rings. The average Bonchev–Trinajstić information content (AvgIpc) is 3.50. The SMILES string of the molecule is CCOc1ccc(N(CC(=O)N(CCc2ccccc2)[C@H](C)C(=O)NC2CCCC2)S(=O)(=O)c2ccc(Cl)cc2)cc1. The number of nitrogens with zero attached hydrogens (tertiary/aromatic N) is 2. The lowest BCUT2D eigenvalue weighted by molar-refractivity contribution is -0.139. The zero-order chi connectivity index (χ0) is 30.1. The molecule has 10 heteroatoms. The van der Waals surface area contributed by atoms with E-state index < -0.39 is 28.5 Å². The van der Waals surface area contributed by atoms with E-state index in [4.69, 9.17) is 16.3 Å². The zero-order valence-corrected chi connectivity index (χ0v) is 25.6. The van der Waals surface area contributed by atoms with Crippen LogP contribution in [0.2, 0.25) is 5.02 Å². The highest BCUT2D eigenvalue weighted by Gasteiger charge is 2.33. The maximum absolute atomic E-state index is 14.0. The number of nitrogens with one attached hydrogen (secondary N) is 1. The molecule has 0 saturated heterocycles. The molecule has 1 fully saturated rings. The van der Waals surface area contributed by atoms with Gasteiger partial charge in [-0.2, -0.15) is 0 Å². The first kappa shape index (κ1) is 31.4. The number of carbonyl (C=O) groups is 2. The summed E-state index contributed by atoms with van der Waals surface area (Å²) < 4.78 is 34.5. The van der Waals surface area contributed by atoms with Crippen LogP contribution in [-0.4, -0.2) is 56.9 Å². The maximum Gasteiger partial charge on any atom is 0.264 e. The largest absolute Gasteiger partial charge is 0.494 e.